The number of hydrogen-bond acceptors (Lipinski definition) is 5. The quantitative estimate of drug-likeness (QED) is 0.744. The molecule has 3 N–H and O–H groups in total. The van der Waals surface area contributed by atoms with E-state index in [0.717, 1.165) is 18.2 Å². The van der Waals surface area contributed by atoms with Gasteiger partial charge in [-0.25, -0.2) is 17.6 Å². The second-order valence-electron chi connectivity index (χ2n) is 5.51. The minimum absolute atomic E-state index is 0.0436. The Morgan fingerprint density at radius 3 is 2.46 bits per heavy atom. The summed E-state index contributed by atoms with van der Waals surface area (Å²) in [4.78, 5) is 23.1. The molecule has 26 heavy (non-hydrogen) atoms. The van der Waals surface area contributed by atoms with E-state index in [1.807, 2.05) is 0 Å². The molecule has 2 rings (SSSR count). The molecule has 2 aromatic rings. The van der Waals surface area contributed by atoms with Crippen LogP contribution in [0.2, 0.25) is 0 Å². The number of anilines is 1. The van der Waals surface area contributed by atoms with Crippen molar-refractivity contribution >= 4 is 27.6 Å². The third kappa shape index (κ3) is 4.37. The second kappa shape index (κ2) is 7.52. The molecule has 7 nitrogen and oxygen atoms in total. The van der Waals surface area contributed by atoms with Gasteiger partial charge in [-0.05, 0) is 49.7 Å². The summed E-state index contributed by atoms with van der Waals surface area (Å²) < 4.78 is 45.5. The lowest BCUT2D eigenvalue weighted by Gasteiger charge is -2.15. The summed E-state index contributed by atoms with van der Waals surface area (Å²) in [5, 5.41) is 0. The van der Waals surface area contributed by atoms with Gasteiger partial charge >= 0.3 is 5.97 Å². The summed E-state index contributed by atoms with van der Waals surface area (Å²) in [5.41, 5.74) is 5.12. The Hall–Kier alpha value is -2.94. The Bertz CT molecular complexity index is 959. The molecule has 0 saturated carbocycles. The number of sulfonamides is 1. The van der Waals surface area contributed by atoms with Crippen LogP contribution in [0.3, 0.4) is 0 Å². The highest BCUT2D eigenvalue weighted by Crippen LogP contribution is 2.23. The molecule has 0 saturated heterocycles. The number of carbonyl (C=O) groups is 2. The molecule has 1 atom stereocenters. The highest BCUT2D eigenvalue weighted by molar-refractivity contribution is 7.92. The SMILES string of the molecule is Cc1cc(F)ccc1S(=O)(=O)Nc1ccccc1C(=O)OC(C)C(N)=O. The van der Waals surface area contributed by atoms with Gasteiger partial charge in [0.2, 0.25) is 0 Å². The molecule has 0 fully saturated rings. The van der Waals surface area contributed by atoms with E-state index in [9.17, 15) is 22.4 Å². The molecular formula is C17H17FN2O5S. The molecule has 0 aromatic heterocycles. The number of carbonyl (C=O) groups excluding carboxylic acids is 2. The maximum absolute atomic E-state index is 13.2. The zero-order valence-electron chi connectivity index (χ0n) is 14.0. The van der Waals surface area contributed by atoms with Crippen LogP contribution in [0.25, 0.3) is 0 Å². The molecule has 0 radical (unpaired) electrons. The first-order chi connectivity index (χ1) is 12.1. The molecule has 2 aromatic carbocycles. The third-order valence-electron chi connectivity index (χ3n) is 3.50. The molecule has 0 bridgehead atoms. The van der Waals surface area contributed by atoms with E-state index < -0.39 is 33.8 Å². The molecular weight excluding hydrogens is 363 g/mol. The van der Waals surface area contributed by atoms with E-state index in [1.165, 1.54) is 38.1 Å². The molecule has 0 heterocycles. The van der Waals surface area contributed by atoms with Gasteiger partial charge in [0.15, 0.2) is 6.10 Å². The van der Waals surface area contributed by atoms with Crippen molar-refractivity contribution in [3.8, 4) is 0 Å². The highest BCUT2D eigenvalue weighted by Gasteiger charge is 2.23. The smallest absolute Gasteiger partial charge is 0.341 e. The first-order valence-electron chi connectivity index (χ1n) is 7.50. The number of nitrogens with two attached hydrogens (primary N) is 1. The van der Waals surface area contributed by atoms with E-state index in [1.54, 1.807) is 0 Å². The van der Waals surface area contributed by atoms with E-state index in [4.69, 9.17) is 10.5 Å². The number of hydrogen-bond donors (Lipinski definition) is 2. The number of rotatable bonds is 6. The lowest BCUT2D eigenvalue weighted by molar-refractivity contribution is -0.125. The van der Waals surface area contributed by atoms with Crippen LogP contribution in [0.4, 0.5) is 10.1 Å². The maximum Gasteiger partial charge on any atom is 0.341 e. The number of para-hydroxylation sites is 1. The monoisotopic (exact) mass is 380 g/mol. The number of aryl methyl sites for hydroxylation is 1. The Labute approximate surface area is 150 Å². The van der Waals surface area contributed by atoms with Gasteiger partial charge in [0.25, 0.3) is 15.9 Å². The molecule has 138 valence electrons. The Kier molecular flexibility index (Phi) is 5.61. The average Bonchev–Trinajstić information content (AvgIpc) is 2.54. The normalized spacial score (nSPS) is 12.3. The molecule has 1 unspecified atom stereocenters. The summed E-state index contributed by atoms with van der Waals surface area (Å²) in [7, 11) is -4.08. The largest absolute Gasteiger partial charge is 0.449 e. The predicted molar refractivity (Wildman–Crippen MR) is 92.5 cm³/mol. The Morgan fingerprint density at radius 1 is 1.19 bits per heavy atom. The number of nitrogens with one attached hydrogen (secondary N) is 1. The van der Waals surface area contributed by atoms with Gasteiger partial charge in [-0.1, -0.05) is 12.1 Å². The standard InChI is InChI=1S/C17H17FN2O5S/c1-10-9-12(18)7-8-15(10)26(23,24)20-14-6-4-3-5-13(14)17(22)25-11(2)16(19)21/h3-9,11,20H,1-2H3,(H2,19,21). The van der Waals surface area contributed by atoms with E-state index >= 15 is 0 Å². The average molecular weight is 380 g/mol. The van der Waals surface area contributed by atoms with Crippen LogP contribution >= 0.6 is 0 Å². The number of ether oxygens (including phenoxy) is 1. The van der Waals surface area contributed by atoms with Crippen molar-refractivity contribution in [2.45, 2.75) is 24.8 Å². The zero-order valence-corrected chi connectivity index (χ0v) is 14.8. The molecule has 0 aliphatic heterocycles. The van der Waals surface area contributed by atoms with Gasteiger partial charge in [-0.3, -0.25) is 9.52 Å². The Balaban J connectivity index is 2.35. The van der Waals surface area contributed by atoms with Crippen LogP contribution in [0.15, 0.2) is 47.4 Å². The maximum atomic E-state index is 13.2. The topological polar surface area (TPSA) is 116 Å². The minimum atomic E-state index is -4.08. The Morgan fingerprint density at radius 2 is 1.85 bits per heavy atom. The summed E-state index contributed by atoms with van der Waals surface area (Å²) in [6.45, 7) is 2.75. The van der Waals surface area contributed by atoms with Crippen molar-refractivity contribution in [3.05, 3.63) is 59.4 Å². The van der Waals surface area contributed by atoms with Gasteiger partial charge in [0.1, 0.15) is 5.82 Å². The third-order valence-corrected chi connectivity index (χ3v) is 5.03. The summed E-state index contributed by atoms with van der Waals surface area (Å²) >= 11 is 0. The van der Waals surface area contributed by atoms with Crippen molar-refractivity contribution in [2.24, 2.45) is 5.73 Å². The van der Waals surface area contributed by atoms with E-state index in [2.05, 4.69) is 4.72 Å². The van der Waals surface area contributed by atoms with Crippen LogP contribution in [0, 0.1) is 12.7 Å². The predicted octanol–water partition coefficient (Wildman–Crippen LogP) is 1.97. The van der Waals surface area contributed by atoms with Crippen molar-refractivity contribution in [2.75, 3.05) is 4.72 Å². The first-order valence-corrected chi connectivity index (χ1v) is 8.98. The highest BCUT2D eigenvalue weighted by atomic mass is 32.2. The van der Waals surface area contributed by atoms with Gasteiger partial charge < -0.3 is 10.5 Å². The van der Waals surface area contributed by atoms with Gasteiger partial charge in [0, 0.05) is 0 Å². The van der Waals surface area contributed by atoms with E-state index in [-0.39, 0.29) is 21.7 Å². The van der Waals surface area contributed by atoms with Crippen molar-refractivity contribution in [1.29, 1.82) is 0 Å². The van der Waals surface area contributed by atoms with Crippen molar-refractivity contribution in [3.63, 3.8) is 0 Å². The fourth-order valence-corrected chi connectivity index (χ4v) is 3.45. The zero-order chi connectivity index (χ0) is 19.5. The fraction of sp³-hybridized carbons (Fsp3) is 0.176. The number of amides is 1. The van der Waals surface area contributed by atoms with Crippen LogP contribution in [0.5, 0.6) is 0 Å². The first kappa shape index (κ1) is 19.4. The number of esters is 1. The number of halogens is 1. The summed E-state index contributed by atoms with van der Waals surface area (Å²) in [6, 6.07) is 8.96. The second-order valence-corrected chi connectivity index (χ2v) is 7.16. The van der Waals surface area contributed by atoms with Gasteiger partial charge in [0.05, 0.1) is 16.1 Å². The molecule has 1 amide bonds. The minimum Gasteiger partial charge on any atom is -0.449 e. The molecule has 0 aliphatic rings. The summed E-state index contributed by atoms with van der Waals surface area (Å²) in [5.74, 6) is -2.31. The van der Waals surface area contributed by atoms with E-state index in [0.29, 0.717) is 0 Å². The van der Waals surface area contributed by atoms with Crippen LogP contribution in [0.1, 0.15) is 22.8 Å². The van der Waals surface area contributed by atoms with Gasteiger partial charge in [-0.15, -0.1) is 0 Å². The summed E-state index contributed by atoms with van der Waals surface area (Å²) in [6.07, 6.45) is -1.17. The van der Waals surface area contributed by atoms with Crippen LogP contribution < -0.4 is 10.5 Å². The van der Waals surface area contributed by atoms with Crippen molar-refractivity contribution < 1.29 is 27.1 Å². The fourth-order valence-electron chi connectivity index (χ4n) is 2.15. The van der Waals surface area contributed by atoms with Crippen LogP contribution in [-0.4, -0.2) is 26.4 Å². The van der Waals surface area contributed by atoms with Crippen molar-refractivity contribution in [1.82, 2.24) is 0 Å². The molecule has 9 heteroatoms. The lowest BCUT2D eigenvalue weighted by Crippen LogP contribution is -2.30. The number of benzene rings is 2. The lowest BCUT2D eigenvalue weighted by atomic mass is 10.2. The van der Waals surface area contributed by atoms with Gasteiger partial charge in [-0.2, -0.15) is 0 Å². The number of primary amides is 1. The molecule has 0 spiro atoms. The van der Waals surface area contributed by atoms with Crippen LogP contribution in [-0.2, 0) is 19.6 Å². The molecule has 0 aliphatic carbocycles.